The molecule has 2 N–H and O–H groups in total. The highest BCUT2D eigenvalue weighted by Gasteiger charge is 2.26. The number of aromatic nitrogens is 2. The maximum Gasteiger partial charge on any atom is 0.272 e. The molecule has 7 heteroatoms. The maximum absolute atomic E-state index is 12.9. The van der Waals surface area contributed by atoms with Crippen LogP contribution in [0.4, 0.5) is 0 Å². The predicted octanol–water partition coefficient (Wildman–Crippen LogP) is 2.52. The number of carbonyl (C=O) groups is 2. The van der Waals surface area contributed by atoms with Crippen LogP contribution in [0.25, 0.3) is 5.69 Å². The number of para-hydroxylation sites is 1. The molecule has 2 heterocycles. The highest BCUT2D eigenvalue weighted by Crippen LogP contribution is 2.20. The van der Waals surface area contributed by atoms with E-state index in [2.05, 4.69) is 10.3 Å². The van der Waals surface area contributed by atoms with Crippen LogP contribution in [-0.2, 0) is 4.79 Å². The molecule has 132 valence electrons. The fourth-order valence-electron chi connectivity index (χ4n) is 3.15. The number of nitrogens with one attached hydrogen (secondary N) is 2. The van der Waals surface area contributed by atoms with E-state index in [1.807, 2.05) is 35.2 Å². The molecule has 1 aliphatic heterocycles. The van der Waals surface area contributed by atoms with E-state index in [0.717, 1.165) is 18.5 Å². The number of carbonyl (C=O) groups excluding carboxylic acids is 2. The monoisotopic (exact) mass is 358 g/mol. The molecular weight excluding hydrogens is 336 g/mol. The van der Waals surface area contributed by atoms with Gasteiger partial charge in [0.15, 0.2) is 4.77 Å². The first-order valence-corrected chi connectivity index (χ1v) is 8.86. The summed E-state index contributed by atoms with van der Waals surface area (Å²) >= 11 is 5.35. The molecular formula is C18H22N4O2S. The summed E-state index contributed by atoms with van der Waals surface area (Å²) in [5.41, 5.74) is 1.43. The van der Waals surface area contributed by atoms with Gasteiger partial charge in [0.2, 0.25) is 5.91 Å². The summed E-state index contributed by atoms with van der Waals surface area (Å²) in [5.74, 6) is 0.400. The van der Waals surface area contributed by atoms with Crippen LogP contribution in [0, 0.1) is 10.7 Å². The second-order valence-corrected chi connectivity index (χ2v) is 6.71. The van der Waals surface area contributed by atoms with Crippen molar-refractivity contribution >= 4 is 24.0 Å². The third-order valence-corrected chi connectivity index (χ3v) is 4.85. The van der Waals surface area contributed by atoms with Gasteiger partial charge in [-0.25, -0.2) is 0 Å². The second kappa shape index (κ2) is 7.65. The Bertz CT molecular complexity index is 804. The molecule has 1 aromatic carbocycles. The van der Waals surface area contributed by atoms with Crippen LogP contribution in [0.2, 0.25) is 0 Å². The lowest BCUT2D eigenvalue weighted by atomic mass is 9.96. The minimum atomic E-state index is -0.0193. The Kier molecular flexibility index (Phi) is 5.33. The Balaban J connectivity index is 1.71. The molecule has 1 fully saturated rings. The van der Waals surface area contributed by atoms with Gasteiger partial charge in [0, 0.05) is 38.4 Å². The molecule has 1 saturated heterocycles. The quantitative estimate of drug-likeness (QED) is 0.825. The zero-order chi connectivity index (χ0) is 17.8. The van der Waals surface area contributed by atoms with E-state index in [1.165, 1.54) is 6.92 Å². The summed E-state index contributed by atoms with van der Waals surface area (Å²) in [4.78, 5) is 28.8. The van der Waals surface area contributed by atoms with E-state index in [-0.39, 0.29) is 11.8 Å². The van der Waals surface area contributed by atoms with Gasteiger partial charge in [0.1, 0.15) is 5.69 Å². The molecule has 0 saturated carbocycles. The molecule has 3 rings (SSSR count). The van der Waals surface area contributed by atoms with Crippen molar-refractivity contribution in [2.75, 3.05) is 19.6 Å². The largest absolute Gasteiger partial charge is 0.356 e. The van der Waals surface area contributed by atoms with Crippen LogP contribution in [0.15, 0.2) is 36.5 Å². The summed E-state index contributed by atoms with van der Waals surface area (Å²) in [6, 6.07) is 9.64. The van der Waals surface area contributed by atoms with Crippen molar-refractivity contribution in [2.24, 2.45) is 5.92 Å². The lowest BCUT2D eigenvalue weighted by molar-refractivity contribution is -0.119. The number of rotatable bonds is 4. The highest BCUT2D eigenvalue weighted by atomic mass is 32.1. The van der Waals surface area contributed by atoms with Crippen molar-refractivity contribution in [1.82, 2.24) is 19.8 Å². The number of H-pyrrole nitrogens is 1. The van der Waals surface area contributed by atoms with Gasteiger partial charge >= 0.3 is 0 Å². The Morgan fingerprint density at radius 1 is 1.24 bits per heavy atom. The average molecular weight is 358 g/mol. The zero-order valence-corrected chi connectivity index (χ0v) is 15.0. The van der Waals surface area contributed by atoms with Gasteiger partial charge < -0.3 is 15.2 Å². The van der Waals surface area contributed by atoms with Crippen LogP contribution in [0.1, 0.15) is 30.3 Å². The molecule has 2 aromatic rings. The molecule has 2 amide bonds. The van der Waals surface area contributed by atoms with Crippen molar-refractivity contribution in [1.29, 1.82) is 0 Å². The van der Waals surface area contributed by atoms with Gasteiger partial charge in [-0.05, 0) is 43.1 Å². The first kappa shape index (κ1) is 17.4. The topological polar surface area (TPSA) is 70.1 Å². The second-order valence-electron chi connectivity index (χ2n) is 6.32. The summed E-state index contributed by atoms with van der Waals surface area (Å²) in [6.45, 7) is 3.59. The highest BCUT2D eigenvalue weighted by molar-refractivity contribution is 7.71. The summed E-state index contributed by atoms with van der Waals surface area (Å²) in [7, 11) is 0. The number of benzene rings is 1. The molecule has 0 atom stereocenters. The molecule has 0 aliphatic carbocycles. The number of hydrogen-bond donors (Lipinski definition) is 2. The van der Waals surface area contributed by atoms with Gasteiger partial charge in [0.05, 0.1) is 0 Å². The third-order valence-electron chi connectivity index (χ3n) is 4.55. The Hall–Kier alpha value is -2.41. The smallest absolute Gasteiger partial charge is 0.272 e. The molecule has 25 heavy (non-hydrogen) atoms. The van der Waals surface area contributed by atoms with E-state index in [1.54, 1.807) is 10.8 Å². The number of imidazole rings is 1. The van der Waals surface area contributed by atoms with Crippen molar-refractivity contribution < 1.29 is 9.59 Å². The minimum Gasteiger partial charge on any atom is -0.356 e. The van der Waals surface area contributed by atoms with Crippen LogP contribution in [-0.4, -0.2) is 45.9 Å². The molecule has 0 unspecified atom stereocenters. The molecule has 1 aromatic heterocycles. The fraction of sp³-hybridized carbons (Fsp3) is 0.389. The van der Waals surface area contributed by atoms with Gasteiger partial charge in [-0.2, -0.15) is 0 Å². The minimum absolute atomic E-state index is 0.00675. The van der Waals surface area contributed by atoms with Crippen LogP contribution in [0.3, 0.4) is 0 Å². The molecule has 0 bridgehead atoms. The van der Waals surface area contributed by atoms with Crippen molar-refractivity contribution in [3.8, 4) is 5.69 Å². The number of amides is 2. The van der Waals surface area contributed by atoms with Crippen LogP contribution < -0.4 is 5.32 Å². The van der Waals surface area contributed by atoms with Crippen LogP contribution in [0.5, 0.6) is 0 Å². The van der Waals surface area contributed by atoms with E-state index in [4.69, 9.17) is 12.2 Å². The third kappa shape index (κ3) is 3.99. The number of nitrogens with zero attached hydrogens (tertiary/aromatic N) is 2. The van der Waals surface area contributed by atoms with Crippen LogP contribution >= 0.6 is 12.2 Å². The van der Waals surface area contributed by atoms with Crippen molar-refractivity contribution in [2.45, 2.75) is 19.8 Å². The van der Waals surface area contributed by atoms with Gasteiger partial charge in [0.25, 0.3) is 5.91 Å². The van der Waals surface area contributed by atoms with E-state index in [0.29, 0.717) is 36.0 Å². The predicted molar refractivity (Wildman–Crippen MR) is 98.3 cm³/mol. The molecule has 1 aliphatic rings. The molecule has 0 radical (unpaired) electrons. The van der Waals surface area contributed by atoms with E-state index >= 15 is 0 Å². The van der Waals surface area contributed by atoms with Crippen molar-refractivity contribution in [3.05, 3.63) is 47.0 Å². The molecule has 6 nitrogen and oxygen atoms in total. The van der Waals surface area contributed by atoms with E-state index < -0.39 is 0 Å². The van der Waals surface area contributed by atoms with E-state index in [9.17, 15) is 9.59 Å². The Morgan fingerprint density at radius 2 is 1.92 bits per heavy atom. The Labute approximate surface area is 151 Å². The summed E-state index contributed by atoms with van der Waals surface area (Å²) in [5, 5.41) is 2.86. The number of likely N-dealkylation sites (tertiary alicyclic amines) is 1. The first-order chi connectivity index (χ1) is 12.1. The first-order valence-electron chi connectivity index (χ1n) is 8.46. The average Bonchev–Trinajstić information content (AvgIpc) is 3.02. The van der Waals surface area contributed by atoms with Gasteiger partial charge in [-0.15, -0.1) is 0 Å². The molecule has 0 spiro atoms. The normalized spacial score (nSPS) is 15.2. The number of piperidine rings is 1. The Morgan fingerprint density at radius 3 is 2.56 bits per heavy atom. The summed E-state index contributed by atoms with van der Waals surface area (Å²) in [6.07, 6.45) is 3.46. The SMILES string of the molecule is CC(=O)NCC1CCN(C(=O)c2c[nH]c(=S)n2-c2ccccc2)CC1. The lowest BCUT2D eigenvalue weighted by Gasteiger charge is -2.32. The zero-order valence-electron chi connectivity index (χ0n) is 14.2. The standard InChI is InChI=1S/C18H22N4O2S/c1-13(23)19-11-14-7-9-21(10-8-14)17(24)16-12-20-18(25)22(16)15-5-3-2-4-6-15/h2-6,12,14H,7-11H2,1H3,(H,19,23)(H,20,25). The number of hydrogen-bond acceptors (Lipinski definition) is 3. The van der Waals surface area contributed by atoms with Gasteiger partial charge in [-0.1, -0.05) is 18.2 Å². The summed E-state index contributed by atoms with van der Waals surface area (Å²) < 4.78 is 2.29. The van der Waals surface area contributed by atoms with Crippen molar-refractivity contribution in [3.63, 3.8) is 0 Å². The maximum atomic E-state index is 12.9. The lowest BCUT2D eigenvalue weighted by Crippen LogP contribution is -2.41. The number of aromatic amines is 1. The fourth-order valence-corrected chi connectivity index (χ4v) is 3.41. The van der Waals surface area contributed by atoms with Gasteiger partial charge in [-0.3, -0.25) is 14.2 Å².